The van der Waals surface area contributed by atoms with Gasteiger partial charge in [-0.1, -0.05) is 30.3 Å². The van der Waals surface area contributed by atoms with Gasteiger partial charge in [0.25, 0.3) is 0 Å². The third kappa shape index (κ3) is 3.43. The molecule has 0 aromatic heterocycles. The van der Waals surface area contributed by atoms with Crippen molar-refractivity contribution in [3.8, 4) is 0 Å². The first kappa shape index (κ1) is 12.8. The van der Waals surface area contributed by atoms with Crippen molar-refractivity contribution in [1.29, 1.82) is 0 Å². The van der Waals surface area contributed by atoms with Crippen LogP contribution >= 0.6 is 0 Å². The van der Waals surface area contributed by atoms with Gasteiger partial charge in [0.2, 0.25) is 0 Å². The molecule has 2 N–H and O–H groups in total. The van der Waals surface area contributed by atoms with Gasteiger partial charge in [0.1, 0.15) is 12.8 Å². The van der Waals surface area contributed by atoms with E-state index in [0.29, 0.717) is 13.0 Å². The Labute approximate surface area is 106 Å². The summed E-state index contributed by atoms with van der Waals surface area (Å²) in [6, 6.07) is 9.07. The van der Waals surface area contributed by atoms with Crippen molar-refractivity contribution in [1.82, 2.24) is 4.90 Å². The lowest BCUT2D eigenvalue weighted by molar-refractivity contribution is 0.0666. The van der Waals surface area contributed by atoms with Gasteiger partial charge in [0.05, 0.1) is 6.54 Å². The summed E-state index contributed by atoms with van der Waals surface area (Å²) < 4.78 is 18.4. The standard InChI is InChI=1S/C13H17FN2O2/c14-11-6-12(15)8-16(7-11)13(17)18-9-10-4-2-1-3-5-10/h1-5,11-12H,6-9,15H2/t11-,12-/m1/s1. The van der Waals surface area contributed by atoms with E-state index >= 15 is 0 Å². The molecular weight excluding hydrogens is 235 g/mol. The molecule has 1 fully saturated rings. The van der Waals surface area contributed by atoms with Crippen LogP contribution in [-0.2, 0) is 11.3 Å². The van der Waals surface area contributed by atoms with Crippen LogP contribution in [0.15, 0.2) is 30.3 Å². The van der Waals surface area contributed by atoms with Crippen molar-refractivity contribution >= 4 is 6.09 Å². The molecule has 5 heteroatoms. The number of likely N-dealkylation sites (tertiary alicyclic amines) is 1. The lowest BCUT2D eigenvalue weighted by Crippen LogP contribution is -2.50. The molecule has 1 aliphatic heterocycles. The lowest BCUT2D eigenvalue weighted by atomic mass is 10.1. The summed E-state index contributed by atoms with van der Waals surface area (Å²) in [5.41, 5.74) is 6.58. The number of carbonyl (C=O) groups is 1. The van der Waals surface area contributed by atoms with Gasteiger partial charge in [-0.15, -0.1) is 0 Å². The minimum absolute atomic E-state index is 0.0708. The van der Waals surface area contributed by atoms with Crippen LogP contribution in [0.25, 0.3) is 0 Å². The zero-order valence-corrected chi connectivity index (χ0v) is 10.1. The van der Waals surface area contributed by atoms with E-state index in [1.807, 2.05) is 30.3 Å². The van der Waals surface area contributed by atoms with Crippen LogP contribution in [0.3, 0.4) is 0 Å². The van der Waals surface area contributed by atoms with Crippen molar-refractivity contribution in [3.63, 3.8) is 0 Å². The smallest absolute Gasteiger partial charge is 0.410 e. The molecule has 98 valence electrons. The molecule has 0 saturated carbocycles. The van der Waals surface area contributed by atoms with Gasteiger partial charge in [-0.3, -0.25) is 0 Å². The van der Waals surface area contributed by atoms with Gasteiger partial charge in [-0.05, 0) is 12.0 Å². The van der Waals surface area contributed by atoms with Crippen molar-refractivity contribution in [3.05, 3.63) is 35.9 Å². The second-order valence-electron chi connectivity index (χ2n) is 4.54. The molecule has 0 unspecified atom stereocenters. The lowest BCUT2D eigenvalue weighted by Gasteiger charge is -2.32. The maximum absolute atomic E-state index is 13.3. The third-order valence-electron chi connectivity index (χ3n) is 2.90. The Morgan fingerprint density at radius 3 is 2.78 bits per heavy atom. The molecule has 0 bridgehead atoms. The summed E-state index contributed by atoms with van der Waals surface area (Å²) in [5, 5.41) is 0. The zero-order chi connectivity index (χ0) is 13.0. The van der Waals surface area contributed by atoms with Crippen LogP contribution in [0.2, 0.25) is 0 Å². The van der Waals surface area contributed by atoms with Gasteiger partial charge in [-0.2, -0.15) is 0 Å². The van der Waals surface area contributed by atoms with Crippen LogP contribution in [-0.4, -0.2) is 36.3 Å². The minimum atomic E-state index is -1.06. The number of nitrogens with two attached hydrogens (primary N) is 1. The monoisotopic (exact) mass is 252 g/mol. The molecule has 1 heterocycles. The molecule has 4 nitrogen and oxygen atoms in total. The molecular formula is C13H17FN2O2. The van der Waals surface area contributed by atoms with Gasteiger partial charge < -0.3 is 15.4 Å². The predicted molar refractivity (Wildman–Crippen MR) is 65.7 cm³/mol. The van der Waals surface area contributed by atoms with E-state index in [1.165, 1.54) is 4.90 Å². The number of halogens is 1. The molecule has 0 radical (unpaired) electrons. The highest BCUT2D eigenvalue weighted by Gasteiger charge is 2.28. The maximum atomic E-state index is 13.3. The quantitative estimate of drug-likeness (QED) is 0.871. The van der Waals surface area contributed by atoms with Crippen LogP contribution < -0.4 is 5.73 Å². The third-order valence-corrected chi connectivity index (χ3v) is 2.90. The molecule has 2 atom stereocenters. The van der Waals surface area contributed by atoms with Crippen molar-refractivity contribution < 1.29 is 13.9 Å². The Morgan fingerprint density at radius 2 is 2.11 bits per heavy atom. The number of nitrogens with zero attached hydrogens (tertiary/aromatic N) is 1. The number of hydrogen-bond donors (Lipinski definition) is 1. The molecule has 1 saturated heterocycles. The van der Waals surface area contributed by atoms with E-state index in [0.717, 1.165) is 5.56 Å². The minimum Gasteiger partial charge on any atom is -0.445 e. The van der Waals surface area contributed by atoms with E-state index in [4.69, 9.17) is 10.5 Å². The topological polar surface area (TPSA) is 55.6 Å². The number of carbonyl (C=O) groups excluding carboxylic acids is 1. The predicted octanol–water partition coefficient (Wildman–Crippen LogP) is 1.69. The zero-order valence-electron chi connectivity index (χ0n) is 10.1. The average Bonchev–Trinajstić information content (AvgIpc) is 2.36. The number of rotatable bonds is 2. The normalized spacial score (nSPS) is 23.8. The number of alkyl halides is 1. The van der Waals surface area contributed by atoms with Gasteiger partial charge >= 0.3 is 6.09 Å². The van der Waals surface area contributed by atoms with E-state index in [-0.39, 0.29) is 19.2 Å². The van der Waals surface area contributed by atoms with E-state index in [2.05, 4.69) is 0 Å². The molecule has 0 spiro atoms. The van der Waals surface area contributed by atoms with Crippen molar-refractivity contribution in [2.75, 3.05) is 13.1 Å². The largest absolute Gasteiger partial charge is 0.445 e. The Kier molecular flexibility index (Phi) is 4.15. The van der Waals surface area contributed by atoms with Gasteiger partial charge in [0.15, 0.2) is 0 Å². The summed E-state index contributed by atoms with van der Waals surface area (Å²) in [6.45, 7) is 0.623. The van der Waals surface area contributed by atoms with Crippen molar-refractivity contribution in [2.24, 2.45) is 5.73 Å². The first-order valence-corrected chi connectivity index (χ1v) is 6.00. The summed E-state index contributed by atoms with van der Waals surface area (Å²) in [4.78, 5) is 13.1. The number of benzene rings is 1. The Morgan fingerprint density at radius 1 is 1.39 bits per heavy atom. The molecule has 1 amide bonds. The van der Waals surface area contributed by atoms with E-state index in [9.17, 15) is 9.18 Å². The van der Waals surface area contributed by atoms with Crippen molar-refractivity contribution in [2.45, 2.75) is 25.2 Å². The maximum Gasteiger partial charge on any atom is 0.410 e. The second-order valence-corrected chi connectivity index (χ2v) is 4.54. The molecule has 1 aromatic carbocycles. The van der Waals surface area contributed by atoms with Crippen LogP contribution in [0.5, 0.6) is 0 Å². The SMILES string of the molecule is N[C@@H]1C[C@@H](F)CN(C(=O)OCc2ccccc2)C1. The number of hydrogen-bond acceptors (Lipinski definition) is 3. The van der Waals surface area contributed by atoms with Crippen LogP contribution in [0, 0.1) is 0 Å². The number of amides is 1. The highest BCUT2D eigenvalue weighted by molar-refractivity contribution is 5.67. The van der Waals surface area contributed by atoms with Crippen LogP contribution in [0.1, 0.15) is 12.0 Å². The second kappa shape index (κ2) is 5.82. The Bertz CT molecular complexity index is 389. The fourth-order valence-corrected chi connectivity index (χ4v) is 2.03. The van der Waals surface area contributed by atoms with E-state index in [1.54, 1.807) is 0 Å². The number of piperidine rings is 1. The fourth-order valence-electron chi connectivity index (χ4n) is 2.03. The number of ether oxygens (including phenoxy) is 1. The van der Waals surface area contributed by atoms with Gasteiger partial charge in [-0.25, -0.2) is 9.18 Å². The highest BCUT2D eigenvalue weighted by atomic mass is 19.1. The summed E-state index contributed by atoms with van der Waals surface area (Å²) in [5.74, 6) is 0. The van der Waals surface area contributed by atoms with Crippen LogP contribution in [0.4, 0.5) is 9.18 Å². The van der Waals surface area contributed by atoms with Gasteiger partial charge in [0, 0.05) is 12.6 Å². The summed E-state index contributed by atoms with van der Waals surface area (Å²) in [6.07, 6.45) is -1.25. The molecule has 2 rings (SSSR count). The highest BCUT2D eigenvalue weighted by Crippen LogP contribution is 2.14. The molecule has 1 aliphatic rings. The molecule has 0 aliphatic carbocycles. The summed E-state index contributed by atoms with van der Waals surface area (Å²) in [7, 11) is 0. The first-order valence-electron chi connectivity index (χ1n) is 6.00. The molecule has 18 heavy (non-hydrogen) atoms. The Hall–Kier alpha value is -1.62. The first-order chi connectivity index (χ1) is 8.65. The molecule has 1 aromatic rings. The Balaban J connectivity index is 1.84. The fraction of sp³-hybridized carbons (Fsp3) is 0.462. The summed E-state index contributed by atoms with van der Waals surface area (Å²) >= 11 is 0. The average molecular weight is 252 g/mol. The van der Waals surface area contributed by atoms with E-state index < -0.39 is 12.3 Å².